The Morgan fingerprint density at radius 3 is 2.31 bits per heavy atom. The van der Waals surface area contributed by atoms with E-state index < -0.39 is 0 Å². The van der Waals surface area contributed by atoms with Gasteiger partial charge in [0.15, 0.2) is 0 Å². The Morgan fingerprint density at radius 1 is 0.972 bits per heavy atom. The molecule has 2 heterocycles. The van der Waals surface area contributed by atoms with Crippen molar-refractivity contribution in [2.75, 3.05) is 24.7 Å². The number of amides is 1. The summed E-state index contributed by atoms with van der Waals surface area (Å²) in [5, 5.41) is 3.22. The summed E-state index contributed by atoms with van der Waals surface area (Å²) < 4.78 is 0. The zero-order valence-corrected chi connectivity index (χ0v) is 23.1. The molecule has 1 spiro atoms. The molecule has 1 aliphatic carbocycles. The summed E-state index contributed by atoms with van der Waals surface area (Å²) in [7, 11) is 0. The van der Waals surface area contributed by atoms with E-state index in [9.17, 15) is 4.79 Å². The van der Waals surface area contributed by atoms with Crippen LogP contribution in [-0.2, 0) is 4.79 Å². The number of rotatable bonds is 12. The Balaban J connectivity index is 1.42. The lowest BCUT2D eigenvalue weighted by atomic mass is 9.75. The van der Waals surface area contributed by atoms with Crippen molar-refractivity contribution < 1.29 is 4.79 Å². The molecule has 0 aromatic heterocycles. The average molecular weight is 497 g/mol. The molecule has 3 N–H and O–H groups in total. The molecule has 1 aromatic rings. The van der Waals surface area contributed by atoms with Gasteiger partial charge in [-0.05, 0) is 81.9 Å². The van der Waals surface area contributed by atoms with Crippen LogP contribution in [0.25, 0.3) is 0 Å². The summed E-state index contributed by atoms with van der Waals surface area (Å²) in [5.41, 5.74) is 6.43. The largest absolute Gasteiger partial charge is 0.339 e. The number of anilines is 1. The summed E-state index contributed by atoms with van der Waals surface area (Å²) in [5.74, 6) is 1.95. The van der Waals surface area contributed by atoms with Crippen molar-refractivity contribution in [3.8, 4) is 0 Å². The number of nitrogens with two attached hydrogens (primary N) is 1. The van der Waals surface area contributed by atoms with Crippen LogP contribution in [0.4, 0.5) is 5.69 Å². The highest BCUT2D eigenvalue weighted by molar-refractivity contribution is 5.93. The number of piperidine rings is 1. The van der Waals surface area contributed by atoms with Crippen LogP contribution in [0.2, 0.25) is 0 Å². The molecule has 0 bridgehead atoms. The van der Waals surface area contributed by atoms with Gasteiger partial charge in [0, 0.05) is 24.3 Å². The predicted octanol–water partition coefficient (Wildman–Crippen LogP) is 6.08. The van der Waals surface area contributed by atoms with Gasteiger partial charge in [-0.25, -0.2) is 0 Å². The molecule has 1 saturated carbocycles. The van der Waals surface area contributed by atoms with Crippen molar-refractivity contribution in [2.24, 2.45) is 17.6 Å². The number of hydrogen-bond acceptors (Lipinski definition) is 4. The van der Waals surface area contributed by atoms with Gasteiger partial charge in [0.2, 0.25) is 5.91 Å². The number of carbonyl (C=O) groups excluding carboxylic acids is 1. The summed E-state index contributed by atoms with van der Waals surface area (Å²) in [6, 6.07) is 11.8. The smallest absolute Gasteiger partial charge is 0.247 e. The SMILES string of the molecule is CC(C)C1CCC(N2CC[C@]3(C[C@H]2CCCCCCCCCN)C(=O)NCN3c2ccccc2)CC1. The fourth-order valence-corrected chi connectivity index (χ4v) is 7.35. The first-order valence-electron chi connectivity index (χ1n) is 15.1. The number of unbranched alkanes of at least 4 members (excludes halogenated alkanes) is 6. The highest BCUT2D eigenvalue weighted by Gasteiger charge is 2.53. The van der Waals surface area contributed by atoms with Crippen LogP contribution < -0.4 is 16.0 Å². The highest BCUT2D eigenvalue weighted by Crippen LogP contribution is 2.42. The highest BCUT2D eigenvalue weighted by atomic mass is 16.2. The Kier molecular flexibility index (Phi) is 10.1. The van der Waals surface area contributed by atoms with Crippen molar-refractivity contribution >= 4 is 11.6 Å². The molecule has 0 radical (unpaired) electrons. The molecule has 36 heavy (non-hydrogen) atoms. The zero-order valence-electron chi connectivity index (χ0n) is 23.1. The van der Waals surface area contributed by atoms with Crippen LogP contribution in [0, 0.1) is 11.8 Å². The van der Waals surface area contributed by atoms with Crippen molar-refractivity contribution in [1.82, 2.24) is 10.2 Å². The van der Waals surface area contributed by atoms with Crippen molar-refractivity contribution in [1.29, 1.82) is 0 Å². The summed E-state index contributed by atoms with van der Waals surface area (Å²) in [6.45, 7) is 7.30. The van der Waals surface area contributed by atoms with E-state index in [1.54, 1.807) is 0 Å². The van der Waals surface area contributed by atoms with Crippen LogP contribution in [0.1, 0.15) is 104 Å². The van der Waals surface area contributed by atoms with Crippen LogP contribution in [0.5, 0.6) is 0 Å². The average Bonchev–Trinajstić information content (AvgIpc) is 3.21. The molecule has 202 valence electrons. The summed E-state index contributed by atoms with van der Waals surface area (Å²) in [4.78, 5) is 18.6. The maximum absolute atomic E-state index is 13.4. The Hall–Kier alpha value is -1.59. The third kappa shape index (κ3) is 6.45. The fraction of sp³-hybridized carbons (Fsp3) is 0.774. The Labute approximate surface area is 220 Å². The van der Waals surface area contributed by atoms with E-state index in [2.05, 4.69) is 59.3 Å². The minimum atomic E-state index is -0.389. The van der Waals surface area contributed by atoms with E-state index in [-0.39, 0.29) is 11.4 Å². The van der Waals surface area contributed by atoms with E-state index in [1.807, 2.05) is 0 Å². The first-order valence-corrected chi connectivity index (χ1v) is 15.1. The molecule has 2 atom stereocenters. The van der Waals surface area contributed by atoms with Gasteiger partial charge >= 0.3 is 0 Å². The molecule has 2 aliphatic heterocycles. The molecule has 3 fully saturated rings. The molecule has 5 nitrogen and oxygen atoms in total. The molecular formula is C31H52N4O. The number of hydrogen-bond donors (Lipinski definition) is 2. The third-order valence-electron chi connectivity index (χ3n) is 9.63. The van der Waals surface area contributed by atoms with Gasteiger partial charge < -0.3 is 16.0 Å². The van der Waals surface area contributed by atoms with E-state index in [1.165, 1.54) is 76.3 Å². The van der Waals surface area contributed by atoms with Crippen LogP contribution in [0.3, 0.4) is 0 Å². The number of likely N-dealkylation sites (tertiary alicyclic amines) is 1. The Morgan fingerprint density at radius 2 is 1.64 bits per heavy atom. The number of nitrogens with zero attached hydrogens (tertiary/aromatic N) is 2. The summed E-state index contributed by atoms with van der Waals surface area (Å²) in [6.07, 6.45) is 17.6. The van der Waals surface area contributed by atoms with Gasteiger partial charge in [-0.1, -0.05) is 70.6 Å². The van der Waals surface area contributed by atoms with Gasteiger partial charge in [0.1, 0.15) is 5.54 Å². The first kappa shape index (κ1) is 27.4. The second-order valence-corrected chi connectivity index (χ2v) is 12.2. The predicted molar refractivity (Wildman–Crippen MR) is 151 cm³/mol. The monoisotopic (exact) mass is 496 g/mol. The van der Waals surface area contributed by atoms with E-state index in [0.29, 0.717) is 18.8 Å². The fourth-order valence-electron chi connectivity index (χ4n) is 7.35. The third-order valence-corrected chi connectivity index (χ3v) is 9.63. The van der Waals surface area contributed by atoms with Crippen LogP contribution >= 0.6 is 0 Å². The molecule has 3 aliphatic rings. The molecule has 1 amide bonds. The zero-order chi connectivity index (χ0) is 25.4. The maximum atomic E-state index is 13.4. The van der Waals surface area contributed by atoms with Crippen LogP contribution in [0.15, 0.2) is 30.3 Å². The van der Waals surface area contributed by atoms with Gasteiger partial charge in [-0.2, -0.15) is 0 Å². The second-order valence-electron chi connectivity index (χ2n) is 12.2. The van der Waals surface area contributed by atoms with Crippen LogP contribution in [-0.4, -0.2) is 48.2 Å². The molecular weight excluding hydrogens is 444 g/mol. The number of nitrogens with one attached hydrogen (secondary N) is 1. The van der Waals surface area contributed by atoms with E-state index >= 15 is 0 Å². The molecule has 5 heteroatoms. The van der Waals surface area contributed by atoms with Crippen molar-refractivity contribution in [3.05, 3.63) is 30.3 Å². The minimum absolute atomic E-state index is 0.249. The molecule has 2 saturated heterocycles. The lowest BCUT2D eigenvalue weighted by Gasteiger charge is -2.51. The van der Waals surface area contributed by atoms with Gasteiger partial charge in [0.25, 0.3) is 0 Å². The second kappa shape index (κ2) is 13.3. The topological polar surface area (TPSA) is 61.6 Å². The lowest BCUT2D eigenvalue weighted by Crippen LogP contribution is -2.61. The maximum Gasteiger partial charge on any atom is 0.247 e. The minimum Gasteiger partial charge on any atom is -0.339 e. The van der Waals surface area contributed by atoms with Gasteiger partial charge in [0.05, 0.1) is 6.67 Å². The molecule has 1 aromatic carbocycles. The van der Waals surface area contributed by atoms with Gasteiger partial charge in [-0.3, -0.25) is 9.69 Å². The van der Waals surface area contributed by atoms with Crippen molar-refractivity contribution in [3.63, 3.8) is 0 Å². The molecule has 0 unspecified atom stereocenters. The number of carbonyl (C=O) groups is 1. The first-order chi connectivity index (χ1) is 17.5. The summed E-state index contributed by atoms with van der Waals surface area (Å²) >= 11 is 0. The Bertz CT molecular complexity index is 791. The standard InChI is InChI=1S/C31H52N4O/c1-25(2)26-16-18-27(19-17-26)34-22-20-31(23-29(34)15-9-6-4-3-5-7-12-21-32)30(36)33-24-35(31)28-13-10-8-11-14-28/h8,10-11,13-14,25-27,29H,3-7,9,12,15-24,32H2,1-2H3,(H,33,36)/t26?,27?,29-,31+/m1/s1. The van der Waals surface area contributed by atoms with Gasteiger partial charge in [-0.15, -0.1) is 0 Å². The van der Waals surface area contributed by atoms with E-state index in [4.69, 9.17) is 5.73 Å². The van der Waals surface area contributed by atoms with Crippen molar-refractivity contribution in [2.45, 2.75) is 121 Å². The lowest BCUT2D eigenvalue weighted by molar-refractivity contribution is -0.126. The molecule has 4 rings (SSSR count). The number of benzene rings is 1. The quantitative estimate of drug-likeness (QED) is 0.344. The normalized spacial score (nSPS) is 29.3. The van der Waals surface area contributed by atoms with E-state index in [0.717, 1.165) is 44.2 Å². The number of para-hydroxylation sites is 1.